The van der Waals surface area contributed by atoms with Crippen LogP contribution in [0.15, 0.2) is 18.2 Å². The van der Waals surface area contributed by atoms with Gasteiger partial charge in [-0.15, -0.1) is 11.3 Å². The predicted molar refractivity (Wildman–Crippen MR) is 101 cm³/mol. The minimum Gasteiger partial charge on any atom is -0.361 e. The van der Waals surface area contributed by atoms with E-state index in [0.29, 0.717) is 6.42 Å². The highest BCUT2D eigenvalue weighted by molar-refractivity contribution is 7.16. The number of aryl methyl sites for hydroxylation is 2. The zero-order chi connectivity index (χ0) is 17.8. The van der Waals surface area contributed by atoms with Crippen molar-refractivity contribution in [3.05, 3.63) is 34.5 Å². The van der Waals surface area contributed by atoms with Gasteiger partial charge < -0.3 is 10.2 Å². The van der Waals surface area contributed by atoms with Crippen LogP contribution in [0.25, 0.3) is 11.3 Å². The first kappa shape index (κ1) is 17.9. The molecule has 0 unspecified atom stereocenters. The zero-order valence-electron chi connectivity index (χ0n) is 14.8. The quantitative estimate of drug-likeness (QED) is 0.788. The topological polar surface area (TPSA) is 45.2 Å². The van der Waals surface area contributed by atoms with Gasteiger partial charge in [0.2, 0.25) is 5.91 Å². The fraction of sp³-hybridized carbons (Fsp3) is 0.474. The van der Waals surface area contributed by atoms with Crippen LogP contribution in [0, 0.1) is 5.82 Å². The van der Waals surface area contributed by atoms with Gasteiger partial charge in [-0.05, 0) is 49.8 Å². The van der Waals surface area contributed by atoms with E-state index in [1.165, 1.54) is 16.5 Å². The van der Waals surface area contributed by atoms with E-state index in [0.717, 1.165) is 55.0 Å². The maximum Gasteiger partial charge on any atom is 0.222 e. The number of nitrogens with one attached hydrogen (secondary N) is 1. The summed E-state index contributed by atoms with van der Waals surface area (Å²) in [5.41, 5.74) is 3.05. The molecule has 0 atom stereocenters. The molecule has 134 valence electrons. The number of anilines is 1. The van der Waals surface area contributed by atoms with Gasteiger partial charge in [0.25, 0.3) is 0 Å². The van der Waals surface area contributed by atoms with Gasteiger partial charge in [0, 0.05) is 37.5 Å². The summed E-state index contributed by atoms with van der Waals surface area (Å²) >= 11 is 1.67. The van der Waals surface area contributed by atoms with Crippen molar-refractivity contribution in [2.75, 3.05) is 26.0 Å². The molecule has 0 fully saturated rings. The summed E-state index contributed by atoms with van der Waals surface area (Å²) in [4.78, 5) is 19.1. The van der Waals surface area contributed by atoms with E-state index in [9.17, 15) is 9.18 Å². The first-order valence-corrected chi connectivity index (χ1v) is 9.59. The fourth-order valence-corrected chi connectivity index (χ4v) is 4.10. The lowest BCUT2D eigenvalue weighted by Crippen LogP contribution is -2.21. The molecule has 6 heteroatoms. The summed E-state index contributed by atoms with van der Waals surface area (Å²) in [6.45, 7) is 0.795. The summed E-state index contributed by atoms with van der Waals surface area (Å²) < 4.78 is 13.7. The van der Waals surface area contributed by atoms with E-state index in [2.05, 4.69) is 5.32 Å². The van der Waals surface area contributed by atoms with Gasteiger partial charge in [0.05, 0.1) is 5.69 Å². The maximum absolute atomic E-state index is 13.7. The lowest BCUT2D eigenvalue weighted by molar-refractivity contribution is -0.128. The number of hydrogen-bond acceptors (Lipinski definition) is 4. The van der Waals surface area contributed by atoms with Crippen molar-refractivity contribution < 1.29 is 9.18 Å². The number of carbonyl (C=O) groups excluding carboxylic acids is 1. The highest BCUT2D eigenvalue weighted by atomic mass is 32.1. The van der Waals surface area contributed by atoms with Gasteiger partial charge in [0.15, 0.2) is 5.13 Å². The molecule has 0 radical (unpaired) electrons. The standard InChI is InChI=1S/C19H24FN3OS/c1-23(2)17(24)8-3-4-11-21-19-22-18-15-12-14(20)10-9-13(15)6-5-7-16(18)25-19/h9-10,12H,3-8,11H2,1-2H3,(H,21,22). The van der Waals surface area contributed by atoms with Crippen molar-refractivity contribution in [3.8, 4) is 11.3 Å². The zero-order valence-corrected chi connectivity index (χ0v) is 15.6. The molecule has 3 rings (SSSR count). The Labute approximate surface area is 152 Å². The molecule has 2 aromatic rings. The minimum absolute atomic E-state index is 0.166. The highest BCUT2D eigenvalue weighted by Crippen LogP contribution is 2.37. The second-order valence-corrected chi connectivity index (χ2v) is 7.70. The summed E-state index contributed by atoms with van der Waals surface area (Å²) in [6.07, 6.45) is 5.40. The van der Waals surface area contributed by atoms with Crippen LogP contribution in [0.5, 0.6) is 0 Å². The highest BCUT2D eigenvalue weighted by Gasteiger charge is 2.19. The molecule has 1 N–H and O–H groups in total. The smallest absolute Gasteiger partial charge is 0.222 e. The number of hydrogen-bond donors (Lipinski definition) is 1. The number of rotatable bonds is 6. The van der Waals surface area contributed by atoms with Crippen molar-refractivity contribution >= 4 is 22.4 Å². The predicted octanol–water partition coefficient (Wildman–Crippen LogP) is 4.11. The number of benzene rings is 1. The van der Waals surface area contributed by atoms with Gasteiger partial charge in [0.1, 0.15) is 5.82 Å². The molecule has 0 spiro atoms. The number of amides is 1. The van der Waals surface area contributed by atoms with E-state index in [4.69, 9.17) is 4.98 Å². The molecule has 1 aromatic heterocycles. The van der Waals surface area contributed by atoms with Crippen molar-refractivity contribution in [2.45, 2.75) is 38.5 Å². The molecule has 4 nitrogen and oxygen atoms in total. The van der Waals surface area contributed by atoms with Crippen molar-refractivity contribution in [1.29, 1.82) is 0 Å². The molecule has 0 saturated carbocycles. The number of thiazole rings is 1. The monoisotopic (exact) mass is 361 g/mol. The fourth-order valence-electron chi connectivity index (χ4n) is 3.05. The van der Waals surface area contributed by atoms with Crippen LogP contribution in [-0.4, -0.2) is 36.4 Å². The van der Waals surface area contributed by atoms with Crippen molar-refractivity contribution in [3.63, 3.8) is 0 Å². The second-order valence-electron chi connectivity index (χ2n) is 6.62. The third-order valence-electron chi connectivity index (χ3n) is 4.47. The normalized spacial score (nSPS) is 12.9. The van der Waals surface area contributed by atoms with Crippen LogP contribution in [0.3, 0.4) is 0 Å². The van der Waals surface area contributed by atoms with Gasteiger partial charge in [-0.2, -0.15) is 0 Å². The molecular formula is C19H24FN3OS. The molecule has 25 heavy (non-hydrogen) atoms. The Hall–Kier alpha value is -1.95. The van der Waals surface area contributed by atoms with Gasteiger partial charge in [-0.25, -0.2) is 9.37 Å². The number of aromatic nitrogens is 1. The number of unbranched alkanes of at least 4 members (excludes halogenated alkanes) is 1. The van der Waals surface area contributed by atoms with E-state index in [1.807, 2.05) is 6.07 Å². The van der Waals surface area contributed by atoms with Crippen molar-refractivity contribution in [2.24, 2.45) is 0 Å². The van der Waals surface area contributed by atoms with E-state index >= 15 is 0 Å². The Morgan fingerprint density at radius 3 is 2.96 bits per heavy atom. The lowest BCUT2D eigenvalue weighted by Gasteiger charge is -2.09. The first-order chi connectivity index (χ1) is 12.0. The lowest BCUT2D eigenvalue weighted by atomic mass is 10.0. The number of nitrogens with zero attached hydrogens (tertiary/aromatic N) is 2. The molecular weight excluding hydrogens is 337 g/mol. The first-order valence-electron chi connectivity index (χ1n) is 8.77. The summed E-state index contributed by atoms with van der Waals surface area (Å²) in [7, 11) is 3.56. The Kier molecular flexibility index (Phi) is 5.68. The molecule has 1 aliphatic rings. The van der Waals surface area contributed by atoms with Crippen LogP contribution in [0.2, 0.25) is 0 Å². The van der Waals surface area contributed by atoms with E-state index in [1.54, 1.807) is 36.4 Å². The van der Waals surface area contributed by atoms with E-state index < -0.39 is 0 Å². The van der Waals surface area contributed by atoms with E-state index in [-0.39, 0.29) is 11.7 Å². The average molecular weight is 361 g/mol. The summed E-state index contributed by atoms with van der Waals surface area (Å²) in [6, 6.07) is 5.02. The number of fused-ring (bicyclic) bond motifs is 3. The Bertz CT molecular complexity index is 757. The molecule has 1 amide bonds. The van der Waals surface area contributed by atoms with Crippen molar-refractivity contribution in [1.82, 2.24) is 9.88 Å². The number of halogens is 1. The van der Waals surface area contributed by atoms with Crippen LogP contribution < -0.4 is 5.32 Å². The van der Waals surface area contributed by atoms with Crippen LogP contribution in [0.1, 0.15) is 36.1 Å². The molecule has 0 aliphatic heterocycles. The third-order valence-corrected chi connectivity index (χ3v) is 5.54. The molecule has 1 heterocycles. The Balaban J connectivity index is 1.61. The van der Waals surface area contributed by atoms with Gasteiger partial charge in [-0.3, -0.25) is 4.79 Å². The number of carbonyl (C=O) groups is 1. The SMILES string of the molecule is CN(C)C(=O)CCCCNc1nc2c(s1)CCCc1ccc(F)cc1-2. The third kappa shape index (κ3) is 4.37. The molecule has 1 aromatic carbocycles. The largest absolute Gasteiger partial charge is 0.361 e. The van der Waals surface area contributed by atoms with Gasteiger partial charge in [-0.1, -0.05) is 6.07 Å². The molecule has 1 aliphatic carbocycles. The minimum atomic E-state index is -0.209. The second kappa shape index (κ2) is 7.95. The maximum atomic E-state index is 13.7. The summed E-state index contributed by atoms with van der Waals surface area (Å²) in [5.74, 6) is -0.0423. The molecule has 0 bridgehead atoms. The molecule has 0 saturated heterocycles. The van der Waals surface area contributed by atoms with Crippen LogP contribution >= 0.6 is 11.3 Å². The Morgan fingerprint density at radius 1 is 1.32 bits per heavy atom. The van der Waals surface area contributed by atoms with Crippen LogP contribution in [0.4, 0.5) is 9.52 Å². The van der Waals surface area contributed by atoms with Crippen LogP contribution in [-0.2, 0) is 17.6 Å². The Morgan fingerprint density at radius 2 is 2.16 bits per heavy atom. The average Bonchev–Trinajstić information content (AvgIpc) is 2.91. The summed E-state index contributed by atoms with van der Waals surface area (Å²) in [5, 5.41) is 4.25. The van der Waals surface area contributed by atoms with Gasteiger partial charge >= 0.3 is 0 Å².